The number of nitrogens with zero attached hydrogens (tertiary/aromatic N) is 3. The first-order chi connectivity index (χ1) is 13.7. The molecule has 2 aliphatic heterocycles. The molecule has 7 heteroatoms. The van der Waals surface area contributed by atoms with Crippen LogP contribution in [-0.4, -0.2) is 68.8 Å². The first-order valence-electron chi connectivity index (χ1n) is 10.5. The van der Waals surface area contributed by atoms with Gasteiger partial charge in [0.1, 0.15) is 0 Å². The maximum atomic E-state index is 5.55. The summed E-state index contributed by atoms with van der Waals surface area (Å²) in [6.45, 7) is 5.90. The summed E-state index contributed by atoms with van der Waals surface area (Å²) in [5, 5.41) is 3.61. The first kappa shape index (κ1) is 24.6. The second-order valence-electron chi connectivity index (χ2n) is 7.97. The Bertz CT molecular complexity index is 628. The average Bonchev–Trinajstić information content (AvgIpc) is 2.76. The smallest absolute Gasteiger partial charge is 0.193 e. The van der Waals surface area contributed by atoms with Crippen LogP contribution >= 0.6 is 35.7 Å². The largest absolute Gasteiger partial charge is 0.381 e. The second kappa shape index (κ2) is 12.2. The van der Waals surface area contributed by atoms with Gasteiger partial charge in [-0.3, -0.25) is 4.99 Å². The van der Waals surface area contributed by atoms with Gasteiger partial charge in [-0.1, -0.05) is 12.1 Å². The van der Waals surface area contributed by atoms with Crippen molar-refractivity contribution in [3.63, 3.8) is 0 Å². The molecule has 0 aromatic heterocycles. The number of thioether (sulfide) groups is 1. The molecule has 3 rings (SSSR count). The lowest BCUT2D eigenvalue weighted by atomic mass is 9.99. The highest BCUT2D eigenvalue weighted by Crippen LogP contribution is 2.33. The molecule has 1 N–H and O–H groups in total. The van der Waals surface area contributed by atoms with Crippen LogP contribution in [0.1, 0.15) is 37.7 Å². The molecule has 0 radical (unpaired) electrons. The standard InChI is InChI=1S/C22H36N4OS.HI/c1-23-21(24-18-22(28-3)11-15-27-16-12-22)25(2)17-19-7-9-20(10-8-19)26-13-5-4-6-14-26;/h7-10H,4-6,11-18H2,1-3H3,(H,23,24);1H. The molecule has 0 unspecified atom stereocenters. The van der Waals surface area contributed by atoms with Crippen LogP contribution in [0.3, 0.4) is 0 Å². The van der Waals surface area contributed by atoms with Gasteiger partial charge < -0.3 is 19.9 Å². The Morgan fingerprint density at radius 3 is 2.41 bits per heavy atom. The van der Waals surface area contributed by atoms with Crippen molar-refractivity contribution in [1.82, 2.24) is 10.2 Å². The fourth-order valence-corrected chi connectivity index (χ4v) is 4.93. The molecule has 29 heavy (non-hydrogen) atoms. The molecule has 5 nitrogen and oxygen atoms in total. The molecule has 2 saturated heterocycles. The minimum absolute atomic E-state index is 0. The summed E-state index contributed by atoms with van der Waals surface area (Å²) in [6.07, 6.45) is 8.41. The van der Waals surface area contributed by atoms with Crippen molar-refractivity contribution in [3.05, 3.63) is 29.8 Å². The zero-order chi connectivity index (χ0) is 19.8. The lowest BCUT2D eigenvalue weighted by molar-refractivity contribution is 0.0781. The van der Waals surface area contributed by atoms with Crippen LogP contribution in [0.5, 0.6) is 0 Å². The van der Waals surface area contributed by atoms with Crippen molar-refractivity contribution in [3.8, 4) is 0 Å². The zero-order valence-electron chi connectivity index (χ0n) is 18.2. The van der Waals surface area contributed by atoms with E-state index < -0.39 is 0 Å². The van der Waals surface area contributed by atoms with E-state index in [1.165, 1.54) is 43.6 Å². The third kappa shape index (κ3) is 6.92. The minimum Gasteiger partial charge on any atom is -0.381 e. The van der Waals surface area contributed by atoms with E-state index in [4.69, 9.17) is 4.74 Å². The number of piperidine rings is 1. The van der Waals surface area contributed by atoms with E-state index in [9.17, 15) is 0 Å². The van der Waals surface area contributed by atoms with Crippen LogP contribution in [-0.2, 0) is 11.3 Å². The molecule has 0 bridgehead atoms. The van der Waals surface area contributed by atoms with E-state index in [1.807, 2.05) is 18.8 Å². The Morgan fingerprint density at radius 2 is 1.83 bits per heavy atom. The summed E-state index contributed by atoms with van der Waals surface area (Å²) in [5.74, 6) is 0.958. The quantitative estimate of drug-likeness (QED) is 0.338. The molecule has 0 amide bonds. The van der Waals surface area contributed by atoms with Crippen molar-refractivity contribution in [2.45, 2.75) is 43.4 Å². The van der Waals surface area contributed by atoms with Crippen LogP contribution < -0.4 is 10.2 Å². The number of rotatable bonds is 6. The summed E-state index contributed by atoms with van der Waals surface area (Å²) in [7, 11) is 3.98. The number of hydrogen-bond donors (Lipinski definition) is 1. The number of benzene rings is 1. The van der Waals surface area contributed by atoms with Crippen LogP contribution in [0, 0.1) is 0 Å². The van der Waals surface area contributed by atoms with E-state index in [1.54, 1.807) is 0 Å². The predicted molar refractivity (Wildman–Crippen MR) is 137 cm³/mol. The van der Waals surface area contributed by atoms with E-state index in [-0.39, 0.29) is 28.7 Å². The number of halogens is 1. The monoisotopic (exact) mass is 532 g/mol. The molecule has 0 spiro atoms. The van der Waals surface area contributed by atoms with Crippen LogP contribution in [0.2, 0.25) is 0 Å². The molecule has 164 valence electrons. The number of guanidine groups is 1. The Labute approximate surface area is 198 Å². The van der Waals surface area contributed by atoms with Gasteiger partial charge in [-0.25, -0.2) is 0 Å². The maximum Gasteiger partial charge on any atom is 0.193 e. The van der Waals surface area contributed by atoms with Gasteiger partial charge in [-0.15, -0.1) is 24.0 Å². The van der Waals surface area contributed by atoms with Crippen LogP contribution in [0.15, 0.2) is 29.3 Å². The number of anilines is 1. The topological polar surface area (TPSA) is 40.1 Å². The van der Waals surface area contributed by atoms with Gasteiger partial charge in [0.25, 0.3) is 0 Å². The highest BCUT2D eigenvalue weighted by atomic mass is 127. The summed E-state index contributed by atoms with van der Waals surface area (Å²) in [6, 6.07) is 9.07. The highest BCUT2D eigenvalue weighted by molar-refractivity contribution is 14.0. The van der Waals surface area contributed by atoms with Gasteiger partial charge in [0.15, 0.2) is 5.96 Å². The van der Waals surface area contributed by atoms with Gasteiger partial charge >= 0.3 is 0 Å². The number of hydrogen-bond acceptors (Lipinski definition) is 4. The lowest BCUT2D eigenvalue weighted by Crippen LogP contribution is -2.48. The Morgan fingerprint density at radius 1 is 1.17 bits per heavy atom. The molecule has 0 atom stereocenters. The summed E-state index contributed by atoms with van der Waals surface area (Å²) in [5.41, 5.74) is 2.67. The third-order valence-electron chi connectivity index (χ3n) is 6.06. The lowest BCUT2D eigenvalue weighted by Gasteiger charge is -2.37. The highest BCUT2D eigenvalue weighted by Gasteiger charge is 2.32. The van der Waals surface area contributed by atoms with Crippen molar-refractivity contribution in [2.75, 3.05) is 58.1 Å². The summed E-state index contributed by atoms with van der Waals surface area (Å²) in [4.78, 5) is 9.23. The van der Waals surface area contributed by atoms with Gasteiger partial charge in [-0.05, 0) is 56.1 Å². The van der Waals surface area contributed by atoms with Gasteiger partial charge in [-0.2, -0.15) is 11.8 Å². The second-order valence-corrected chi connectivity index (χ2v) is 9.24. The van der Waals surface area contributed by atoms with E-state index in [0.29, 0.717) is 0 Å². The average molecular weight is 533 g/mol. The minimum atomic E-state index is 0. The molecule has 1 aromatic rings. The van der Waals surface area contributed by atoms with Gasteiger partial charge in [0, 0.05) is 63.9 Å². The predicted octanol–water partition coefficient (Wildman–Crippen LogP) is 4.21. The Balaban J connectivity index is 0.00000300. The van der Waals surface area contributed by atoms with E-state index >= 15 is 0 Å². The molecule has 2 fully saturated rings. The van der Waals surface area contributed by atoms with Crippen LogP contribution in [0.4, 0.5) is 5.69 Å². The zero-order valence-corrected chi connectivity index (χ0v) is 21.3. The van der Waals surface area contributed by atoms with Crippen molar-refractivity contribution < 1.29 is 4.74 Å². The van der Waals surface area contributed by atoms with Crippen molar-refractivity contribution in [2.24, 2.45) is 4.99 Å². The Hall–Kier alpha value is -0.670. The molecular formula is C22H37IN4OS. The molecular weight excluding hydrogens is 495 g/mol. The van der Waals surface area contributed by atoms with E-state index in [0.717, 1.165) is 45.1 Å². The summed E-state index contributed by atoms with van der Waals surface area (Å²) >= 11 is 1.96. The molecule has 0 saturated carbocycles. The van der Waals surface area contributed by atoms with Crippen molar-refractivity contribution >= 4 is 47.4 Å². The van der Waals surface area contributed by atoms with Gasteiger partial charge in [0.2, 0.25) is 0 Å². The fraction of sp³-hybridized carbons (Fsp3) is 0.682. The maximum absolute atomic E-state index is 5.55. The molecule has 0 aliphatic carbocycles. The normalized spacial score (nSPS) is 19.4. The van der Waals surface area contributed by atoms with Crippen molar-refractivity contribution in [1.29, 1.82) is 0 Å². The Kier molecular flexibility index (Phi) is 10.4. The molecule has 1 aromatic carbocycles. The fourth-order valence-electron chi connectivity index (χ4n) is 4.13. The third-order valence-corrected chi connectivity index (χ3v) is 7.47. The number of aliphatic imine (C=N–C) groups is 1. The van der Waals surface area contributed by atoms with Gasteiger partial charge in [0.05, 0.1) is 0 Å². The SMILES string of the molecule is CN=C(NCC1(SC)CCOCC1)N(C)Cc1ccc(N2CCCCC2)cc1.I. The van der Waals surface area contributed by atoms with Crippen LogP contribution in [0.25, 0.3) is 0 Å². The molecule has 2 heterocycles. The number of ether oxygens (including phenoxy) is 1. The molecule has 2 aliphatic rings. The summed E-state index contributed by atoms with van der Waals surface area (Å²) < 4.78 is 5.81. The number of nitrogens with one attached hydrogen (secondary N) is 1. The first-order valence-corrected chi connectivity index (χ1v) is 11.8. The van der Waals surface area contributed by atoms with E-state index in [2.05, 4.69) is 57.7 Å².